The molecule has 0 amide bonds. The predicted molar refractivity (Wildman–Crippen MR) is 28.1 cm³/mol. The monoisotopic (exact) mass is 138 g/mol. The van der Waals surface area contributed by atoms with Gasteiger partial charge in [-0.05, 0) is 6.92 Å². The molecule has 0 aliphatic carbocycles. The van der Waals surface area contributed by atoms with Gasteiger partial charge in [0.2, 0.25) is 0 Å². The summed E-state index contributed by atoms with van der Waals surface area (Å²) in [6, 6.07) is 0. The fraction of sp³-hybridized carbons (Fsp3) is 0.200. The number of hydrogen-bond acceptors (Lipinski definition) is 3. The molecular formula is C5H7NaO3. The van der Waals surface area contributed by atoms with Crippen molar-refractivity contribution in [3.8, 4) is 0 Å². The van der Waals surface area contributed by atoms with Crippen LogP contribution >= 0.6 is 0 Å². The number of hydrogen-bond donors (Lipinski definition) is 0. The molecule has 46 valence electrons. The second-order valence-electron chi connectivity index (χ2n) is 1.28. The number of rotatable bonds is 2. The van der Waals surface area contributed by atoms with Crippen molar-refractivity contribution in [2.75, 3.05) is 0 Å². The summed E-state index contributed by atoms with van der Waals surface area (Å²) in [5, 5.41) is 0. The van der Waals surface area contributed by atoms with Gasteiger partial charge in [-0.3, -0.25) is 4.79 Å². The van der Waals surface area contributed by atoms with Gasteiger partial charge in [-0.1, -0.05) is 6.58 Å². The van der Waals surface area contributed by atoms with Gasteiger partial charge in [0, 0.05) is 5.57 Å². The molecule has 0 unspecified atom stereocenters. The molecule has 3 nitrogen and oxygen atoms in total. The Morgan fingerprint density at radius 1 is 1.78 bits per heavy atom. The van der Waals surface area contributed by atoms with E-state index in [1.807, 2.05) is 0 Å². The quantitative estimate of drug-likeness (QED) is 0.138. The number of carbonyl (C=O) groups excluding carboxylic acids is 2. The molecular weight excluding hydrogens is 131 g/mol. The largest absolute Gasteiger partial charge is 1.00 e. The van der Waals surface area contributed by atoms with Gasteiger partial charge in [-0.2, -0.15) is 0 Å². The third kappa shape index (κ3) is 5.76. The molecule has 0 atom stereocenters. The van der Waals surface area contributed by atoms with E-state index in [0.717, 1.165) is 0 Å². The van der Waals surface area contributed by atoms with E-state index >= 15 is 0 Å². The van der Waals surface area contributed by atoms with E-state index in [1.54, 1.807) is 0 Å². The number of esters is 1. The van der Waals surface area contributed by atoms with Crippen LogP contribution in [0.1, 0.15) is 8.35 Å². The first-order chi connectivity index (χ1) is 3.68. The van der Waals surface area contributed by atoms with Gasteiger partial charge in [-0.25, -0.2) is 4.79 Å². The Balaban J connectivity index is -0.000000245. The molecule has 0 aromatic rings. The van der Waals surface area contributed by atoms with Crippen LogP contribution in [0, 0.1) is 0 Å². The van der Waals surface area contributed by atoms with Gasteiger partial charge >= 0.3 is 42.0 Å². The Hall–Kier alpha value is -0.120. The average molecular weight is 138 g/mol. The van der Waals surface area contributed by atoms with Crippen LogP contribution in [0.3, 0.4) is 0 Å². The van der Waals surface area contributed by atoms with E-state index in [0.29, 0.717) is 0 Å². The maximum Gasteiger partial charge on any atom is 1.00 e. The molecule has 0 aliphatic heterocycles. The summed E-state index contributed by atoms with van der Waals surface area (Å²) in [6.07, 6.45) is 0. The van der Waals surface area contributed by atoms with E-state index in [-0.39, 0.29) is 43.0 Å². The first kappa shape index (κ1) is 11.6. The Labute approximate surface area is 76.8 Å². The van der Waals surface area contributed by atoms with Gasteiger partial charge in [0.1, 0.15) is 0 Å². The number of carbonyl (C=O) groups is 2. The third-order valence-electron chi connectivity index (χ3n) is 0.504. The minimum Gasteiger partial charge on any atom is -1.00 e. The zero-order valence-electron chi connectivity index (χ0n) is 6.51. The first-order valence-corrected chi connectivity index (χ1v) is 1.98. The normalized spacial score (nSPS) is 6.78. The minimum atomic E-state index is -0.681. The van der Waals surface area contributed by atoms with Crippen molar-refractivity contribution >= 4 is 12.4 Å². The Morgan fingerprint density at radius 2 is 2.22 bits per heavy atom. The zero-order valence-corrected chi connectivity index (χ0v) is 7.51. The Bertz CT molecular complexity index is 135. The maximum atomic E-state index is 10.2. The van der Waals surface area contributed by atoms with Crippen LogP contribution in [0.4, 0.5) is 0 Å². The van der Waals surface area contributed by atoms with Crippen LogP contribution in [0.5, 0.6) is 0 Å². The molecule has 0 saturated carbocycles. The maximum absolute atomic E-state index is 10.2. The summed E-state index contributed by atoms with van der Waals surface area (Å²) < 4.78 is 3.88. The molecule has 0 aromatic carbocycles. The van der Waals surface area contributed by atoms with Crippen LogP contribution in [-0.2, 0) is 14.3 Å². The van der Waals surface area contributed by atoms with Crippen molar-refractivity contribution in [3.63, 3.8) is 0 Å². The van der Waals surface area contributed by atoms with Gasteiger partial charge in [0.25, 0.3) is 0 Å². The Kier molecular flexibility index (Phi) is 7.77. The molecule has 0 rings (SSSR count). The molecule has 0 N–H and O–H groups in total. The minimum absolute atomic E-state index is 0. The molecule has 9 heavy (non-hydrogen) atoms. The molecule has 4 heteroatoms. The molecule has 0 heterocycles. The smallest absolute Gasteiger partial charge is 1.00 e. The summed E-state index contributed by atoms with van der Waals surface area (Å²) in [7, 11) is 0. The van der Waals surface area contributed by atoms with Crippen molar-refractivity contribution in [1.82, 2.24) is 0 Å². The molecule has 0 saturated heterocycles. The standard InChI is InChI=1S/C5H6O3.Na.H/c1-4(2)5(7)8-3-6;;/h3H,1H2,2H3;;/q;+1;-1. The van der Waals surface area contributed by atoms with Crippen molar-refractivity contribution in [3.05, 3.63) is 12.2 Å². The van der Waals surface area contributed by atoms with Crippen LogP contribution < -0.4 is 29.6 Å². The summed E-state index contributed by atoms with van der Waals surface area (Å²) in [5.74, 6) is -0.681. The summed E-state index contributed by atoms with van der Waals surface area (Å²) in [4.78, 5) is 19.6. The average Bonchev–Trinajstić information content (AvgIpc) is 1.67. The van der Waals surface area contributed by atoms with Gasteiger partial charge in [-0.15, -0.1) is 0 Å². The van der Waals surface area contributed by atoms with E-state index < -0.39 is 5.97 Å². The van der Waals surface area contributed by atoms with Crippen molar-refractivity contribution in [1.29, 1.82) is 0 Å². The van der Waals surface area contributed by atoms with Gasteiger partial charge < -0.3 is 6.16 Å². The van der Waals surface area contributed by atoms with Crippen LogP contribution in [0.2, 0.25) is 0 Å². The molecule has 0 spiro atoms. The van der Waals surface area contributed by atoms with E-state index in [9.17, 15) is 9.59 Å². The molecule has 0 fully saturated rings. The molecule has 0 aromatic heterocycles. The second kappa shape index (κ2) is 6.01. The Morgan fingerprint density at radius 3 is 2.33 bits per heavy atom. The van der Waals surface area contributed by atoms with E-state index in [2.05, 4.69) is 11.3 Å². The first-order valence-electron chi connectivity index (χ1n) is 1.98. The van der Waals surface area contributed by atoms with Gasteiger partial charge in [0.15, 0.2) is 0 Å². The molecule has 0 radical (unpaired) electrons. The van der Waals surface area contributed by atoms with Crippen LogP contribution in [0.25, 0.3) is 0 Å². The summed E-state index contributed by atoms with van der Waals surface area (Å²) in [6.45, 7) is 4.78. The van der Waals surface area contributed by atoms with Crippen LogP contribution in [-0.4, -0.2) is 12.4 Å². The topological polar surface area (TPSA) is 43.4 Å². The molecule has 0 bridgehead atoms. The van der Waals surface area contributed by atoms with Gasteiger partial charge in [0.05, 0.1) is 0 Å². The fourth-order valence-corrected chi connectivity index (χ4v) is 0.144. The van der Waals surface area contributed by atoms with Crippen LogP contribution in [0.15, 0.2) is 12.2 Å². The predicted octanol–water partition coefficient (Wildman–Crippen LogP) is -2.62. The van der Waals surface area contributed by atoms with E-state index in [4.69, 9.17) is 0 Å². The van der Waals surface area contributed by atoms with Crippen molar-refractivity contribution in [2.45, 2.75) is 6.92 Å². The van der Waals surface area contributed by atoms with Crippen molar-refractivity contribution < 1.29 is 45.3 Å². The van der Waals surface area contributed by atoms with E-state index in [1.165, 1.54) is 6.92 Å². The summed E-state index contributed by atoms with van der Waals surface area (Å²) >= 11 is 0. The summed E-state index contributed by atoms with van der Waals surface area (Å²) in [5.41, 5.74) is 0.220. The zero-order chi connectivity index (χ0) is 6.57. The number of ether oxygens (including phenoxy) is 1. The SMILES string of the molecule is C=C(C)C(=O)OC=O.[H-].[Na+]. The molecule has 0 aliphatic rings. The fourth-order valence-electron chi connectivity index (χ4n) is 0.144. The third-order valence-corrected chi connectivity index (χ3v) is 0.504. The second-order valence-corrected chi connectivity index (χ2v) is 1.28. The van der Waals surface area contributed by atoms with Crippen molar-refractivity contribution in [2.24, 2.45) is 0 Å².